The van der Waals surface area contributed by atoms with Crippen molar-refractivity contribution >= 4 is 89.8 Å². The molecule has 3 heteroatoms. The molecule has 47 heavy (non-hydrogen) atoms. The maximum Gasteiger partial charge on any atom is 0.143 e. The smallest absolute Gasteiger partial charge is 0.143 e. The average molecular weight is 618 g/mol. The average Bonchev–Trinajstić information content (AvgIpc) is 3.61. The SMILES string of the molecule is C[Si]1(C)c2cc(N(c3ccccc3)c3cccc4c3ccc3c5ccccc5ccc43)ccc2-c2c1ccc1c2oc2ccccc21. The summed E-state index contributed by atoms with van der Waals surface area (Å²) in [5.74, 6) is 0. The summed E-state index contributed by atoms with van der Waals surface area (Å²) in [5.41, 5.74) is 8.07. The number of furan rings is 1. The third kappa shape index (κ3) is 3.72. The molecule has 8 aromatic carbocycles. The van der Waals surface area contributed by atoms with Gasteiger partial charge in [0.2, 0.25) is 0 Å². The van der Waals surface area contributed by atoms with Crippen molar-refractivity contribution in [1.29, 1.82) is 0 Å². The molecule has 10 rings (SSSR count). The standard InChI is InChI=1S/C44H31NOSi/c1-47(2)41-26-25-37-36-15-8-9-18-40(36)46-44(37)43(41)38-22-20-30(27-42(38)47)45(29-12-4-3-5-13-29)39-17-10-16-32-34-21-19-28-11-6-7-14-31(28)33(34)23-24-35(32)39/h3-27H,1-2H3. The minimum absolute atomic E-state index is 0.951. The lowest BCUT2D eigenvalue weighted by Crippen LogP contribution is -2.49. The number of hydrogen-bond donors (Lipinski definition) is 0. The highest BCUT2D eigenvalue weighted by Gasteiger charge is 2.40. The van der Waals surface area contributed by atoms with Gasteiger partial charge in [0.1, 0.15) is 19.2 Å². The molecule has 1 aliphatic rings. The van der Waals surface area contributed by atoms with Crippen LogP contribution < -0.4 is 15.3 Å². The van der Waals surface area contributed by atoms with Gasteiger partial charge in [-0.2, -0.15) is 0 Å². The summed E-state index contributed by atoms with van der Waals surface area (Å²) in [4.78, 5) is 2.44. The zero-order valence-electron chi connectivity index (χ0n) is 26.3. The van der Waals surface area contributed by atoms with Gasteiger partial charge in [0.05, 0.1) is 5.69 Å². The van der Waals surface area contributed by atoms with E-state index in [1.807, 2.05) is 0 Å². The van der Waals surface area contributed by atoms with E-state index in [2.05, 4.69) is 170 Å². The Kier molecular flexibility index (Phi) is 5.47. The number of hydrogen-bond acceptors (Lipinski definition) is 2. The molecule has 222 valence electrons. The minimum Gasteiger partial charge on any atom is -0.455 e. The maximum absolute atomic E-state index is 6.58. The Hall–Kier alpha value is -5.64. The molecule has 0 spiro atoms. The van der Waals surface area contributed by atoms with E-state index in [9.17, 15) is 0 Å². The molecule has 0 aliphatic carbocycles. The molecule has 0 fully saturated rings. The summed E-state index contributed by atoms with van der Waals surface area (Å²) >= 11 is 0. The van der Waals surface area contributed by atoms with Crippen LogP contribution in [0, 0.1) is 0 Å². The van der Waals surface area contributed by atoms with Crippen LogP contribution in [0.4, 0.5) is 17.1 Å². The van der Waals surface area contributed by atoms with Crippen LogP contribution in [0.5, 0.6) is 0 Å². The molecule has 0 atom stereocenters. The first-order valence-electron chi connectivity index (χ1n) is 16.4. The molecular weight excluding hydrogens is 587 g/mol. The first kappa shape index (κ1) is 26.6. The number of fused-ring (bicyclic) bond motifs is 12. The highest BCUT2D eigenvalue weighted by molar-refractivity contribution is 7.04. The Balaban J connectivity index is 1.20. The van der Waals surface area contributed by atoms with Crippen LogP contribution in [0.1, 0.15) is 0 Å². The fraction of sp³-hybridized carbons (Fsp3) is 0.0455. The van der Waals surface area contributed by atoms with Crippen molar-refractivity contribution in [3.05, 3.63) is 152 Å². The number of nitrogens with zero attached hydrogens (tertiary/aromatic N) is 1. The van der Waals surface area contributed by atoms with E-state index in [1.54, 1.807) is 0 Å². The quantitative estimate of drug-likeness (QED) is 0.145. The van der Waals surface area contributed by atoms with Crippen molar-refractivity contribution < 1.29 is 4.42 Å². The van der Waals surface area contributed by atoms with E-state index < -0.39 is 8.07 Å². The second-order valence-electron chi connectivity index (χ2n) is 13.3. The van der Waals surface area contributed by atoms with E-state index in [0.717, 1.165) is 16.9 Å². The van der Waals surface area contributed by atoms with Gasteiger partial charge in [0.15, 0.2) is 0 Å². The minimum atomic E-state index is -2.03. The van der Waals surface area contributed by atoms with Gasteiger partial charge in [-0.1, -0.05) is 128 Å². The predicted molar refractivity (Wildman–Crippen MR) is 203 cm³/mol. The number of anilines is 3. The van der Waals surface area contributed by atoms with Gasteiger partial charge in [-0.05, 0) is 79.3 Å². The summed E-state index contributed by atoms with van der Waals surface area (Å²) in [5, 5.41) is 12.9. The Bertz CT molecular complexity index is 2720. The number of rotatable bonds is 3. The summed E-state index contributed by atoms with van der Waals surface area (Å²) in [7, 11) is -2.03. The van der Waals surface area contributed by atoms with Gasteiger partial charge in [-0.15, -0.1) is 0 Å². The number of benzene rings is 8. The molecule has 0 unspecified atom stereocenters. The summed E-state index contributed by atoms with van der Waals surface area (Å²) in [6.45, 7) is 4.97. The van der Waals surface area contributed by atoms with Gasteiger partial charge in [0.25, 0.3) is 0 Å². The molecule has 9 aromatic rings. The molecular formula is C44H31NOSi. The highest BCUT2D eigenvalue weighted by atomic mass is 28.3. The molecule has 1 aliphatic heterocycles. The summed E-state index contributed by atoms with van der Waals surface area (Å²) < 4.78 is 6.58. The Morgan fingerprint density at radius 3 is 2.04 bits per heavy atom. The molecule has 0 bridgehead atoms. The van der Waals surface area contributed by atoms with E-state index in [4.69, 9.17) is 4.42 Å². The van der Waals surface area contributed by atoms with Crippen LogP contribution in [0.2, 0.25) is 13.1 Å². The first-order chi connectivity index (χ1) is 23.1. The predicted octanol–water partition coefficient (Wildman–Crippen LogP) is 11.3. The third-order valence-corrected chi connectivity index (χ3v) is 14.0. The van der Waals surface area contributed by atoms with Gasteiger partial charge in [-0.3, -0.25) is 0 Å². The zero-order chi connectivity index (χ0) is 31.3. The molecule has 2 nitrogen and oxygen atoms in total. The molecule has 0 saturated carbocycles. The van der Waals surface area contributed by atoms with Crippen molar-refractivity contribution in [1.82, 2.24) is 0 Å². The van der Waals surface area contributed by atoms with Crippen LogP contribution in [0.25, 0.3) is 65.4 Å². The lowest BCUT2D eigenvalue weighted by molar-refractivity contribution is 0.670. The van der Waals surface area contributed by atoms with Crippen molar-refractivity contribution in [2.75, 3.05) is 4.90 Å². The van der Waals surface area contributed by atoms with Crippen LogP contribution in [-0.2, 0) is 0 Å². The van der Waals surface area contributed by atoms with Gasteiger partial charge >= 0.3 is 0 Å². The Morgan fingerprint density at radius 1 is 0.468 bits per heavy atom. The van der Waals surface area contributed by atoms with Crippen molar-refractivity contribution in [3.63, 3.8) is 0 Å². The van der Waals surface area contributed by atoms with E-state index in [0.29, 0.717) is 0 Å². The lowest BCUT2D eigenvalue weighted by Gasteiger charge is -2.28. The topological polar surface area (TPSA) is 16.4 Å². The molecule has 0 N–H and O–H groups in total. The third-order valence-electron chi connectivity index (χ3n) is 10.4. The Morgan fingerprint density at radius 2 is 1.15 bits per heavy atom. The van der Waals surface area contributed by atoms with Gasteiger partial charge in [0, 0.05) is 33.1 Å². The van der Waals surface area contributed by atoms with Crippen LogP contribution in [0.3, 0.4) is 0 Å². The fourth-order valence-electron chi connectivity index (χ4n) is 8.17. The first-order valence-corrected chi connectivity index (χ1v) is 19.4. The zero-order valence-corrected chi connectivity index (χ0v) is 27.3. The normalized spacial score (nSPS) is 13.5. The van der Waals surface area contributed by atoms with Crippen LogP contribution >= 0.6 is 0 Å². The molecule has 1 aromatic heterocycles. The molecule has 0 amide bonds. The fourth-order valence-corrected chi connectivity index (χ4v) is 11.2. The Labute approximate surface area is 274 Å². The van der Waals surface area contributed by atoms with Crippen molar-refractivity contribution in [3.8, 4) is 11.1 Å². The van der Waals surface area contributed by atoms with E-state index in [-0.39, 0.29) is 0 Å². The summed E-state index contributed by atoms with van der Waals surface area (Å²) in [6.07, 6.45) is 0. The molecule has 0 saturated heterocycles. The van der Waals surface area contributed by atoms with Crippen molar-refractivity contribution in [2.24, 2.45) is 0 Å². The van der Waals surface area contributed by atoms with E-state index >= 15 is 0 Å². The van der Waals surface area contributed by atoms with Crippen LogP contribution in [0.15, 0.2) is 156 Å². The van der Waals surface area contributed by atoms with Crippen LogP contribution in [-0.4, -0.2) is 8.07 Å². The van der Waals surface area contributed by atoms with Crippen molar-refractivity contribution in [2.45, 2.75) is 13.1 Å². The second kappa shape index (κ2) is 9.68. The maximum atomic E-state index is 6.58. The second-order valence-corrected chi connectivity index (χ2v) is 17.6. The van der Waals surface area contributed by atoms with Gasteiger partial charge in [-0.25, -0.2) is 0 Å². The molecule has 0 radical (unpaired) electrons. The number of para-hydroxylation sites is 2. The monoisotopic (exact) mass is 617 g/mol. The van der Waals surface area contributed by atoms with Gasteiger partial charge < -0.3 is 9.32 Å². The summed E-state index contributed by atoms with van der Waals surface area (Å²) in [6, 6.07) is 55.6. The highest BCUT2D eigenvalue weighted by Crippen LogP contribution is 2.44. The lowest BCUT2D eigenvalue weighted by atomic mass is 9.96. The molecule has 2 heterocycles. The largest absolute Gasteiger partial charge is 0.455 e. The van der Waals surface area contributed by atoms with E-state index in [1.165, 1.54) is 76.0 Å².